The molecule has 0 spiro atoms. The van der Waals surface area contributed by atoms with Crippen molar-refractivity contribution in [2.45, 2.75) is 72.3 Å². The van der Waals surface area contributed by atoms with Crippen LogP contribution in [0.2, 0.25) is 0 Å². The molecule has 3 atom stereocenters. The molecular formula is C16H33N. The lowest BCUT2D eigenvalue weighted by Gasteiger charge is -2.23. The molecule has 0 bridgehead atoms. The van der Waals surface area contributed by atoms with Gasteiger partial charge in [0.1, 0.15) is 0 Å². The fourth-order valence-electron chi connectivity index (χ4n) is 2.35. The summed E-state index contributed by atoms with van der Waals surface area (Å²) in [4.78, 5) is 0. The van der Waals surface area contributed by atoms with E-state index in [1.807, 2.05) is 6.08 Å². The van der Waals surface area contributed by atoms with Crippen LogP contribution in [0.3, 0.4) is 0 Å². The van der Waals surface area contributed by atoms with Gasteiger partial charge in [0.25, 0.3) is 0 Å². The number of nitrogens with one attached hydrogen (secondary N) is 1. The van der Waals surface area contributed by atoms with Crippen molar-refractivity contribution in [3.05, 3.63) is 12.7 Å². The fraction of sp³-hybridized carbons (Fsp3) is 0.875. The minimum Gasteiger partial charge on any atom is -0.310 e. The first-order chi connectivity index (χ1) is 8.15. The summed E-state index contributed by atoms with van der Waals surface area (Å²) in [7, 11) is 0. The monoisotopic (exact) mass is 239 g/mol. The summed E-state index contributed by atoms with van der Waals surface area (Å²) in [5.74, 6) is 1.70. The van der Waals surface area contributed by atoms with Gasteiger partial charge in [-0.3, -0.25) is 0 Å². The molecule has 0 saturated carbocycles. The highest BCUT2D eigenvalue weighted by atomic mass is 14.9. The second-order valence-corrected chi connectivity index (χ2v) is 5.49. The van der Waals surface area contributed by atoms with Crippen LogP contribution in [-0.2, 0) is 0 Å². The highest BCUT2D eigenvalue weighted by Gasteiger charge is 2.13. The van der Waals surface area contributed by atoms with Crippen molar-refractivity contribution in [1.82, 2.24) is 5.32 Å². The van der Waals surface area contributed by atoms with Crippen molar-refractivity contribution < 1.29 is 0 Å². The minimum absolute atomic E-state index is 0.664. The molecule has 1 N–H and O–H groups in total. The second-order valence-electron chi connectivity index (χ2n) is 5.49. The Hall–Kier alpha value is -0.300. The standard InChI is InChI=1S/C16H33N/c1-6-13-17-16(8-3)15(5)12-10-9-11-14(4)7-2/h6,14-17H,1,7-13H2,2-5H3/t14-,15+,16+/m0/s1. The second kappa shape index (κ2) is 10.8. The zero-order chi connectivity index (χ0) is 13.1. The number of unbranched alkanes of at least 4 members (excludes halogenated alkanes) is 1. The molecule has 1 nitrogen and oxygen atoms in total. The van der Waals surface area contributed by atoms with Crippen LogP contribution in [0.5, 0.6) is 0 Å². The summed E-state index contributed by atoms with van der Waals surface area (Å²) < 4.78 is 0. The molecule has 0 amide bonds. The van der Waals surface area contributed by atoms with Crippen LogP contribution in [0.25, 0.3) is 0 Å². The number of hydrogen-bond donors (Lipinski definition) is 1. The molecule has 0 aliphatic carbocycles. The average molecular weight is 239 g/mol. The van der Waals surface area contributed by atoms with Gasteiger partial charge in [0.05, 0.1) is 0 Å². The molecule has 0 aromatic rings. The average Bonchev–Trinajstić information content (AvgIpc) is 2.35. The van der Waals surface area contributed by atoms with Gasteiger partial charge in [0.15, 0.2) is 0 Å². The van der Waals surface area contributed by atoms with E-state index in [9.17, 15) is 0 Å². The summed E-state index contributed by atoms with van der Waals surface area (Å²) in [6.45, 7) is 14.0. The summed E-state index contributed by atoms with van der Waals surface area (Å²) in [5, 5.41) is 3.56. The molecule has 0 rings (SSSR count). The Bertz CT molecular complexity index is 176. The number of rotatable bonds is 11. The van der Waals surface area contributed by atoms with Crippen molar-refractivity contribution >= 4 is 0 Å². The summed E-state index contributed by atoms with van der Waals surface area (Å²) >= 11 is 0. The van der Waals surface area contributed by atoms with Gasteiger partial charge in [0, 0.05) is 12.6 Å². The minimum atomic E-state index is 0.664. The van der Waals surface area contributed by atoms with E-state index in [1.54, 1.807) is 0 Å². The topological polar surface area (TPSA) is 12.0 Å². The van der Waals surface area contributed by atoms with Gasteiger partial charge >= 0.3 is 0 Å². The Morgan fingerprint density at radius 1 is 1.06 bits per heavy atom. The third kappa shape index (κ3) is 8.43. The van der Waals surface area contributed by atoms with E-state index in [2.05, 4.69) is 39.6 Å². The Kier molecular flexibility index (Phi) is 10.6. The van der Waals surface area contributed by atoms with Crippen LogP contribution in [0.15, 0.2) is 12.7 Å². The zero-order valence-electron chi connectivity index (χ0n) is 12.5. The molecule has 0 fully saturated rings. The van der Waals surface area contributed by atoms with Crippen LogP contribution in [-0.4, -0.2) is 12.6 Å². The van der Waals surface area contributed by atoms with Crippen LogP contribution in [0.1, 0.15) is 66.2 Å². The zero-order valence-corrected chi connectivity index (χ0v) is 12.5. The van der Waals surface area contributed by atoms with E-state index < -0.39 is 0 Å². The van der Waals surface area contributed by atoms with Gasteiger partial charge in [-0.05, 0) is 24.7 Å². The molecule has 0 saturated heterocycles. The first-order valence-corrected chi connectivity index (χ1v) is 7.49. The van der Waals surface area contributed by atoms with Crippen molar-refractivity contribution in [2.24, 2.45) is 11.8 Å². The molecule has 0 aromatic carbocycles. The lowest BCUT2D eigenvalue weighted by molar-refractivity contribution is 0.342. The normalized spacial score (nSPS) is 16.5. The molecule has 0 heterocycles. The molecule has 17 heavy (non-hydrogen) atoms. The largest absolute Gasteiger partial charge is 0.310 e. The van der Waals surface area contributed by atoms with Crippen LogP contribution >= 0.6 is 0 Å². The maximum Gasteiger partial charge on any atom is 0.0134 e. The van der Waals surface area contributed by atoms with Gasteiger partial charge in [-0.25, -0.2) is 0 Å². The highest BCUT2D eigenvalue weighted by molar-refractivity contribution is 4.77. The molecule has 102 valence electrons. The molecule has 0 aliphatic rings. The van der Waals surface area contributed by atoms with Gasteiger partial charge in [-0.15, -0.1) is 6.58 Å². The quantitative estimate of drug-likeness (QED) is 0.404. The van der Waals surface area contributed by atoms with Crippen LogP contribution in [0, 0.1) is 11.8 Å². The molecule has 0 radical (unpaired) electrons. The summed E-state index contributed by atoms with van der Waals surface area (Å²) in [5.41, 5.74) is 0. The number of hydrogen-bond acceptors (Lipinski definition) is 1. The summed E-state index contributed by atoms with van der Waals surface area (Å²) in [6, 6.07) is 0.664. The molecule has 0 unspecified atom stereocenters. The van der Waals surface area contributed by atoms with E-state index in [1.165, 1.54) is 38.5 Å². The summed E-state index contributed by atoms with van der Waals surface area (Å²) in [6.07, 6.45) is 10.1. The first-order valence-electron chi connectivity index (χ1n) is 7.49. The molecule has 0 aromatic heterocycles. The van der Waals surface area contributed by atoms with Crippen molar-refractivity contribution in [2.75, 3.05) is 6.54 Å². The van der Waals surface area contributed by atoms with Gasteiger partial charge in [-0.1, -0.05) is 59.5 Å². The Labute approximate surface area is 109 Å². The van der Waals surface area contributed by atoms with Crippen LogP contribution < -0.4 is 5.32 Å². The third-order valence-corrected chi connectivity index (χ3v) is 3.95. The van der Waals surface area contributed by atoms with E-state index in [4.69, 9.17) is 0 Å². The molecular weight excluding hydrogens is 206 g/mol. The van der Waals surface area contributed by atoms with Gasteiger partial charge in [0.2, 0.25) is 0 Å². The molecule has 1 heteroatoms. The maximum atomic E-state index is 3.77. The SMILES string of the molecule is C=CCN[C@H](CC)[C@H](C)CCCC[C@@H](C)CC. The van der Waals surface area contributed by atoms with E-state index in [0.29, 0.717) is 6.04 Å². The van der Waals surface area contributed by atoms with Crippen molar-refractivity contribution in [3.8, 4) is 0 Å². The van der Waals surface area contributed by atoms with Crippen molar-refractivity contribution in [3.63, 3.8) is 0 Å². The first kappa shape index (κ1) is 16.7. The van der Waals surface area contributed by atoms with Gasteiger partial charge < -0.3 is 5.32 Å². The van der Waals surface area contributed by atoms with Crippen molar-refractivity contribution in [1.29, 1.82) is 0 Å². The van der Waals surface area contributed by atoms with Gasteiger partial charge in [-0.2, -0.15) is 0 Å². The van der Waals surface area contributed by atoms with E-state index in [-0.39, 0.29) is 0 Å². The van der Waals surface area contributed by atoms with E-state index >= 15 is 0 Å². The predicted octanol–water partition coefficient (Wildman–Crippen LogP) is 4.78. The lowest BCUT2D eigenvalue weighted by atomic mass is 9.92. The van der Waals surface area contributed by atoms with Crippen LogP contribution in [0.4, 0.5) is 0 Å². The maximum absolute atomic E-state index is 3.77. The van der Waals surface area contributed by atoms with E-state index in [0.717, 1.165) is 18.4 Å². The smallest absolute Gasteiger partial charge is 0.0134 e. The Morgan fingerprint density at radius 3 is 2.24 bits per heavy atom. The predicted molar refractivity (Wildman–Crippen MR) is 79.4 cm³/mol. The fourth-order valence-corrected chi connectivity index (χ4v) is 2.35. The third-order valence-electron chi connectivity index (χ3n) is 3.95. The Balaban J connectivity index is 3.66. The lowest BCUT2D eigenvalue weighted by Crippen LogP contribution is -2.34. The highest BCUT2D eigenvalue weighted by Crippen LogP contribution is 2.18. The molecule has 0 aliphatic heterocycles. The Morgan fingerprint density at radius 2 is 1.71 bits per heavy atom.